The lowest BCUT2D eigenvalue weighted by molar-refractivity contribution is 0.388. The van der Waals surface area contributed by atoms with E-state index in [1.165, 1.54) is 19.3 Å². The van der Waals surface area contributed by atoms with Gasteiger partial charge in [-0.15, -0.1) is 0 Å². The van der Waals surface area contributed by atoms with Crippen LogP contribution in [0.1, 0.15) is 19.3 Å². The predicted octanol–water partition coefficient (Wildman–Crippen LogP) is 2.53. The van der Waals surface area contributed by atoms with Gasteiger partial charge in [0.1, 0.15) is 0 Å². The molecule has 0 aromatic rings. The monoisotopic (exact) mass is 108 g/mol. The van der Waals surface area contributed by atoms with Crippen LogP contribution in [0.4, 0.5) is 0 Å². The van der Waals surface area contributed by atoms with Gasteiger partial charge in [-0.3, -0.25) is 0 Å². The molecule has 0 spiro atoms. The minimum absolute atomic E-state index is 0.882. The summed E-state index contributed by atoms with van der Waals surface area (Å²) in [6, 6.07) is 0. The molecule has 1 fully saturated rings. The van der Waals surface area contributed by atoms with Gasteiger partial charge in [-0.1, -0.05) is 31.2 Å². The molecule has 1 aliphatic rings. The summed E-state index contributed by atoms with van der Waals surface area (Å²) in [5.74, 6) is 0.882. The summed E-state index contributed by atoms with van der Waals surface area (Å²) in [4.78, 5) is 0. The van der Waals surface area contributed by atoms with Crippen LogP contribution in [0.3, 0.4) is 0 Å². The highest BCUT2D eigenvalue weighted by Crippen LogP contribution is 2.26. The molecule has 0 aliphatic heterocycles. The van der Waals surface area contributed by atoms with E-state index in [1.807, 2.05) is 12.2 Å². The Bertz CT molecular complexity index is 96.6. The van der Waals surface area contributed by atoms with E-state index < -0.39 is 0 Å². The molecule has 0 heteroatoms. The Hall–Kier alpha value is -0.520. The molecule has 0 radical (unpaired) electrons. The molecule has 0 aromatic carbocycles. The van der Waals surface area contributed by atoms with Crippen molar-refractivity contribution in [2.24, 2.45) is 5.92 Å². The Balaban J connectivity index is 2.16. The second-order valence-corrected chi connectivity index (χ2v) is 2.31. The van der Waals surface area contributed by atoms with Crippen LogP contribution in [0, 0.1) is 5.92 Å². The van der Waals surface area contributed by atoms with Gasteiger partial charge in [-0.2, -0.15) is 0 Å². The summed E-state index contributed by atoms with van der Waals surface area (Å²) in [5.41, 5.74) is 0. The van der Waals surface area contributed by atoms with Gasteiger partial charge in [-0.25, -0.2) is 0 Å². The highest BCUT2D eigenvalue weighted by molar-refractivity contribution is 5.01. The fraction of sp³-hybridized carbons (Fsp3) is 0.500. The van der Waals surface area contributed by atoms with Gasteiger partial charge in [0.25, 0.3) is 0 Å². The zero-order valence-corrected chi connectivity index (χ0v) is 5.14. The van der Waals surface area contributed by atoms with Crippen LogP contribution in [0.15, 0.2) is 24.8 Å². The number of hydrogen-bond donors (Lipinski definition) is 0. The second-order valence-electron chi connectivity index (χ2n) is 2.31. The summed E-state index contributed by atoms with van der Waals surface area (Å²) in [6.07, 6.45) is 10.3. The first-order chi connectivity index (χ1) is 3.93. The third kappa shape index (κ3) is 1.22. The number of hydrogen-bond acceptors (Lipinski definition) is 0. The lowest BCUT2D eigenvalue weighted by Gasteiger charge is -2.20. The van der Waals surface area contributed by atoms with Crippen molar-refractivity contribution in [2.75, 3.05) is 0 Å². The highest BCUT2D eigenvalue weighted by atomic mass is 14.2. The first kappa shape index (κ1) is 5.61. The molecule has 44 valence electrons. The smallest absolute Gasteiger partial charge is 0.0230 e. The zero-order valence-electron chi connectivity index (χ0n) is 5.14. The fourth-order valence-electron chi connectivity index (χ4n) is 0.868. The van der Waals surface area contributed by atoms with Crippen molar-refractivity contribution in [2.45, 2.75) is 19.3 Å². The van der Waals surface area contributed by atoms with Crippen LogP contribution >= 0.6 is 0 Å². The van der Waals surface area contributed by atoms with Gasteiger partial charge in [0, 0.05) is 0 Å². The van der Waals surface area contributed by atoms with Crippen LogP contribution < -0.4 is 0 Å². The Morgan fingerprint density at radius 2 is 2.12 bits per heavy atom. The molecular formula is C8H12. The van der Waals surface area contributed by atoms with Crippen molar-refractivity contribution in [1.82, 2.24) is 0 Å². The lowest BCUT2D eigenvalue weighted by Crippen LogP contribution is -2.06. The topological polar surface area (TPSA) is 0 Å². The lowest BCUT2D eigenvalue weighted by atomic mass is 9.85. The molecule has 0 heterocycles. The second kappa shape index (κ2) is 2.71. The summed E-state index contributed by atoms with van der Waals surface area (Å²) in [7, 11) is 0. The van der Waals surface area contributed by atoms with Crippen LogP contribution in [0.5, 0.6) is 0 Å². The van der Waals surface area contributed by atoms with E-state index in [0.29, 0.717) is 0 Å². The van der Waals surface area contributed by atoms with Crippen molar-refractivity contribution in [3.8, 4) is 0 Å². The van der Waals surface area contributed by atoms with Crippen LogP contribution in [0.25, 0.3) is 0 Å². The summed E-state index contributed by atoms with van der Waals surface area (Å²) in [5, 5.41) is 0. The van der Waals surface area contributed by atoms with E-state index in [0.717, 1.165) is 5.92 Å². The van der Waals surface area contributed by atoms with Crippen molar-refractivity contribution < 1.29 is 0 Å². The van der Waals surface area contributed by atoms with Crippen LogP contribution in [-0.4, -0.2) is 0 Å². The highest BCUT2D eigenvalue weighted by Gasteiger charge is 2.12. The zero-order chi connectivity index (χ0) is 5.82. The number of rotatable bonds is 2. The summed E-state index contributed by atoms with van der Waals surface area (Å²) in [6.45, 7) is 3.60. The first-order valence-corrected chi connectivity index (χ1v) is 3.22. The minimum Gasteiger partial charge on any atom is -0.0991 e. The standard InChI is InChI=1S/C8H12/c1-2-3-5-8-6-4-7-8/h2-3,5,8H,1,4,6-7H2/b5-3-. The van der Waals surface area contributed by atoms with Gasteiger partial charge in [0.2, 0.25) is 0 Å². The minimum atomic E-state index is 0.882. The third-order valence-electron chi connectivity index (χ3n) is 1.67. The molecule has 0 N–H and O–H groups in total. The van der Waals surface area contributed by atoms with E-state index in [-0.39, 0.29) is 0 Å². The Morgan fingerprint density at radius 1 is 1.38 bits per heavy atom. The SMILES string of the molecule is C=C/C=C\C1CCC1. The first-order valence-electron chi connectivity index (χ1n) is 3.22. The molecule has 0 nitrogen and oxygen atoms in total. The van der Waals surface area contributed by atoms with Gasteiger partial charge < -0.3 is 0 Å². The normalized spacial score (nSPS) is 21.0. The van der Waals surface area contributed by atoms with Gasteiger partial charge >= 0.3 is 0 Å². The quantitative estimate of drug-likeness (QED) is 0.477. The molecule has 0 aromatic heterocycles. The predicted molar refractivity (Wildman–Crippen MR) is 36.7 cm³/mol. The van der Waals surface area contributed by atoms with Crippen LogP contribution in [-0.2, 0) is 0 Å². The van der Waals surface area contributed by atoms with E-state index in [4.69, 9.17) is 0 Å². The molecule has 1 aliphatic carbocycles. The van der Waals surface area contributed by atoms with Gasteiger partial charge in [0.05, 0.1) is 0 Å². The molecule has 1 saturated carbocycles. The van der Waals surface area contributed by atoms with E-state index >= 15 is 0 Å². The van der Waals surface area contributed by atoms with Crippen molar-refractivity contribution >= 4 is 0 Å². The molecule has 0 amide bonds. The molecule has 0 atom stereocenters. The van der Waals surface area contributed by atoms with E-state index in [1.54, 1.807) is 0 Å². The fourth-order valence-corrected chi connectivity index (χ4v) is 0.868. The van der Waals surface area contributed by atoms with E-state index in [2.05, 4.69) is 12.7 Å². The van der Waals surface area contributed by atoms with E-state index in [9.17, 15) is 0 Å². The Labute approximate surface area is 50.9 Å². The van der Waals surface area contributed by atoms with Crippen molar-refractivity contribution in [1.29, 1.82) is 0 Å². The molecule has 1 rings (SSSR count). The van der Waals surface area contributed by atoms with Gasteiger partial charge in [-0.05, 0) is 18.8 Å². The van der Waals surface area contributed by atoms with Crippen molar-refractivity contribution in [3.63, 3.8) is 0 Å². The summed E-state index contributed by atoms with van der Waals surface area (Å²) >= 11 is 0. The maximum absolute atomic E-state index is 3.60. The molecule has 8 heavy (non-hydrogen) atoms. The molecule has 0 unspecified atom stereocenters. The maximum Gasteiger partial charge on any atom is -0.0230 e. The maximum atomic E-state index is 3.60. The molecule has 0 saturated heterocycles. The number of allylic oxidation sites excluding steroid dienone is 3. The molecule has 0 bridgehead atoms. The Kier molecular flexibility index (Phi) is 1.90. The molecular weight excluding hydrogens is 96.1 g/mol. The van der Waals surface area contributed by atoms with Crippen molar-refractivity contribution in [3.05, 3.63) is 24.8 Å². The third-order valence-corrected chi connectivity index (χ3v) is 1.67. The average molecular weight is 108 g/mol. The van der Waals surface area contributed by atoms with Gasteiger partial charge in [0.15, 0.2) is 0 Å². The summed E-state index contributed by atoms with van der Waals surface area (Å²) < 4.78 is 0. The Morgan fingerprint density at radius 3 is 2.50 bits per heavy atom. The van der Waals surface area contributed by atoms with Crippen LogP contribution in [0.2, 0.25) is 0 Å². The average Bonchev–Trinajstić information content (AvgIpc) is 1.63. The largest absolute Gasteiger partial charge is 0.0991 e.